The Morgan fingerprint density at radius 2 is 1.83 bits per heavy atom. The number of amides is 1. The van der Waals surface area contributed by atoms with E-state index in [0.29, 0.717) is 6.54 Å². The molecular formula is C12H13BrF3NO. The van der Waals surface area contributed by atoms with Crippen LogP contribution in [-0.4, -0.2) is 29.7 Å². The van der Waals surface area contributed by atoms with Crippen molar-refractivity contribution in [3.8, 4) is 0 Å². The van der Waals surface area contributed by atoms with Gasteiger partial charge in [0.25, 0.3) is 5.91 Å². The fraction of sp³-hybridized carbons (Fsp3) is 0.417. The van der Waals surface area contributed by atoms with Crippen LogP contribution in [0.3, 0.4) is 0 Å². The van der Waals surface area contributed by atoms with Crippen molar-refractivity contribution < 1.29 is 18.0 Å². The molecule has 2 nitrogen and oxygen atoms in total. The molecule has 0 radical (unpaired) electrons. The smallest absolute Gasteiger partial charge is 0.342 e. The molecule has 0 saturated carbocycles. The van der Waals surface area contributed by atoms with E-state index >= 15 is 0 Å². The van der Waals surface area contributed by atoms with Crippen molar-refractivity contribution in [3.05, 3.63) is 35.4 Å². The molecule has 0 bridgehead atoms. The monoisotopic (exact) mass is 323 g/mol. The zero-order valence-electron chi connectivity index (χ0n) is 9.80. The molecule has 1 rings (SSSR count). The first-order chi connectivity index (χ1) is 8.36. The van der Waals surface area contributed by atoms with Gasteiger partial charge in [0.1, 0.15) is 0 Å². The number of carbonyl (C=O) groups excluding carboxylic acids is 1. The number of carbonyl (C=O) groups is 1. The molecule has 0 fully saturated rings. The van der Waals surface area contributed by atoms with Crippen molar-refractivity contribution >= 4 is 21.8 Å². The van der Waals surface area contributed by atoms with Gasteiger partial charge in [0, 0.05) is 24.5 Å². The minimum atomic E-state index is -4.37. The van der Waals surface area contributed by atoms with Crippen LogP contribution in [0.15, 0.2) is 24.3 Å². The molecule has 1 aromatic carbocycles. The molecule has 0 spiro atoms. The van der Waals surface area contributed by atoms with Gasteiger partial charge in [-0.15, -0.1) is 0 Å². The van der Waals surface area contributed by atoms with Crippen molar-refractivity contribution in [2.45, 2.75) is 12.6 Å². The summed E-state index contributed by atoms with van der Waals surface area (Å²) in [6.45, 7) is 0.561. The molecule has 0 unspecified atom stereocenters. The van der Waals surface area contributed by atoms with Crippen LogP contribution in [0.2, 0.25) is 0 Å². The van der Waals surface area contributed by atoms with Gasteiger partial charge in [0.05, 0.1) is 5.56 Å². The minimum Gasteiger partial charge on any atom is -0.342 e. The van der Waals surface area contributed by atoms with E-state index in [1.54, 1.807) is 7.05 Å². The Hall–Kier alpha value is -1.04. The average Bonchev–Trinajstić information content (AvgIpc) is 2.34. The number of halogens is 4. The molecular weight excluding hydrogens is 311 g/mol. The maximum atomic E-state index is 12.3. The summed E-state index contributed by atoms with van der Waals surface area (Å²) in [7, 11) is 1.63. The largest absolute Gasteiger partial charge is 0.416 e. The highest BCUT2D eigenvalue weighted by Crippen LogP contribution is 2.29. The van der Waals surface area contributed by atoms with E-state index in [4.69, 9.17) is 0 Å². The Kier molecular flexibility index (Phi) is 5.19. The predicted molar refractivity (Wildman–Crippen MR) is 66.8 cm³/mol. The Balaban J connectivity index is 2.76. The van der Waals surface area contributed by atoms with Gasteiger partial charge < -0.3 is 4.90 Å². The Morgan fingerprint density at radius 3 is 2.28 bits per heavy atom. The Morgan fingerprint density at radius 1 is 1.28 bits per heavy atom. The molecule has 100 valence electrons. The third-order valence-corrected chi connectivity index (χ3v) is 2.99. The second-order valence-corrected chi connectivity index (χ2v) is 4.64. The van der Waals surface area contributed by atoms with Gasteiger partial charge in [0.2, 0.25) is 0 Å². The highest BCUT2D eigenvalue weighted by Gasteiger charge is 2.30. The van der Waals surface area contributed by atoms with Crippen LogP contribution >= 0.6 is 15.9 Å². The predicted octanol–water partition coefficient (Wildman–Crippen LogP) is 3.56. The van der Waals surface area contributed by atoms with Gasteiger partial charge in [-0.3, -0.25) is 4.79 Å². The van der Waals surface area contributed by atoms with Crippen molar-refractivity contribution in [1.82, 2.24) is 4.90 Å². The summed E-state index contributed by atoms with van der Waals surface area (Å²) in [4.78, 5) is 13.3. The summed E-state index contributed by atoms with van der Waals surface area (Å²) < 4.78 is 37.0. The van der Waals surface area contributed by atoms with E-state index in [0.717, 1.165) is 23.9 Å². The zero-order chi connectivity index (χ0) is 13.8. The topological polar surface area (TPSA) is 20.3 Å². The lowest BCUT2D eigenvalue weighted by Crippen LogP contribution is -2.28. The maximum Gasteiger partial charge on any atom is 0.416 e. The van der Waals surface area contributed by atoms with Gasteiger partial charge in [0.15, 0.2) is 0 Å². The molecule has 0 saturated heterocycles. The number of hydrogen-bond donors (Lipinski definition) is 0. The van der Waals surface area contributed by atoms with Crippen molar-refractivity contribution in [3.63, 3.8) is 0 Å². The normalized spacial score (nSPS) is 11.4. The second-order valence-electron chi connectivity index (χ2n) is 3.84. The summed E-state index contributed by atoms with van der Waals surface area (Å²) >= 11 is 3.25. The second kappa shape index (κ2) is 6.22. The number of nitrogens with zero attached hydrogens (tertiary/aromatic N) is 1. The van der Waals surface area contributed by atoms with Crippen molar-refractivity contribution in [2.75, 3.05) is 18.9 Å². The van der Waals surface area contributed by atoms with Gasteiger partial charge in [-0.1, -0.05) is 15.9 Å². The highest BCUT2D eigenvalue weighted by atomic mass is 79.9. The number of rotatable bonds is 4. The third-order valence-electron chi connectivity index (χ3n) is 2.43. The van der Waals surface area contributed by atoms with Gasteiger partial charge in [-0.25, -0.2) is 0 Å². The van der Waals surface area contributed by atoms with E-state index in [1.807, 2.05) is 0 Å². The lowest BCUT2D eigenvalue weighted by molar-refractivity contribution is -0.137. The SMILES string of the molecule is CN(CCCBr)C(=O)c1ccc(C(F)(F)F)cc1. The standard InChI is InChI=1S/C12H13BrF3NO/c1-17(8-2-7-13)11(18)9-3-5-10(6-4-9)12(14,15)16/h3-6H,2,7-8H2,1H3. The lowest BCUT2D eigenvalue weighted by Gasteiger charge is -2.16. The molecule has 6 heteroatoms. The summed E-state index contributed by atoms with van der Waals surface area (Å²) in [6.07, 6.45) is -3.58. The van der Waals surface area contributed by atoms with Crippen LogP contribution in [0.25, 0.3) is 0 Å². The van der Waals surface area contributed by atoms with Crippen molar-refractivity contribution in [1.29, 1.82) is 0 Å². The number of alkyl halides is 4. The van der Waals surface area contributed by atoms with E-state index in [2.05, 4.69) is 15.9 Å². The third kappa shape index (κ3) is 4.01. The Bertz CT molecular complexity index is 403. The minimum absolute atomic E-state index is 0.264. The first-order valence-electron chi connectivity index (χ1n) is 5.35. The highest BCUT2D eigenvalue weighted by molar-refractivity contribution is 9.09. The van der Waals surface area contributed by atoms with Gasteiger partial charge >= 0.3 is 6.18 Å². The molecule has 0 atom stereocenters. The summed E-state index contributed by atoms with van der Waals surface area (Å²) in [5.41, 5.74) is -0.484. The first-order valence-corrected chi connectivity index (χ1v) is 6.47. The maximum absolute atomic E-state index is 12.3. The van der Waals surface area contributed by atoms with E-state index < -0.39 is 11.7 Å². The summed E-state index contributed by atoms with van der Waals surface area (Å²) in [5.74, 6) is -0.273. The first kappa shape index (κ1) is 15.0. The lowest BCUT2D eigenvalue weighted by atomic mass is 10.1. The van der Waals surface area contributed by atoms with Crippen LogP contribution in [0.4, 0.5) is 13.2 Å². The average molecular weight is 324 g/mol. The molecule has 1 aromatic rings. The molecule has 0 N–H and O–H groups in total. The number of hydrogen-bond acceptors (Lipinski definition) is 1. The summed E-state index contributed by atoms with van der Waals surface area (Å²) in [6, 6.07) is 4.25. The quantitative estimate of drug-likeness (QED) is 0.776. The van der Waals surface area contributed by atoms with Crippen LogP contribution in [0, 0.1) is 0 Å². The van der Waals surface area contributed by atoms with Crippen molar-refractivity contribution in [2.24, 2.45) is 0 Å². The zero-order valence-corrected chi connectivity index (χ0v) is 11.4. The molecule has 18 heavy (non-hydrogen) atoms. The van der Waals surface area contributed by atoms with Crippen LogP contribution in [-0.2, 0) is 6.18 Å². The van der Waals surface area contributed by atoms with E-state index in [1.165, 1.54) is 17.0 Å². The van der Waals surface area contributed by atoms with Gasteiger partial charge in [-0.2, -0.15) is 13.2 Å². The molecule has 0 aliphatic heterocycles. The Labute approximate surface area is 112 Å². The molecule has 0 aromatic heterocycles. The van der Waals surface area contributed by atoms with Crippen LogP contribution < -0.4 is 0 Å². The molecule has 0 aliphatic rings. The van der Waals surface area contributed by atoms with Crippen LogP contribution in [0.1, 0.15) is 22.3 Å². The molecule has 0 heterocycles. The number of benzene rings is 1. The molecule has 1 amide bonds. The fourth-order valence-corrected chi connectivity index (χ4v) is 1.67. The summed E-state index contributed by atoms with van der Waals surface area (Å²) in [5, 5.41) is 0.775. The van der Waals surface area contributed by atoms with Crippen LogP contribution in [0.5, 0.6) is 0 Å². The molecule has 0 aliphatic carbocycles. The van der Waals surface area contributed by atoms with E-state index in [9.17, 15) is 18.0 Å². The fourth-order valence-electron chi connectivity index (χ4n) is 1.42. The van der Waals surface area contributed by atoms with Gasteiger partial charge in [-0.05, 0) is 30.7 Å². The van der Waals surface area contributed by atoms with E-state index in [-0.39, 0.29) is 11.5 Å².